The largest absolute Gasteiger partial charge is 0.358 e. The van der Waals surface area contributed by atoms with Crippen molar-refractivity contribution in [1.82, 2.24) is 10.4 Å². The number of H-pyrrole nitrogens is 1. The topological polar surface area (TPSA) is 78.6 Å². The van der Waals surface area contributed by atoms with Gasteiger partial charge in [-0.1, -0.05) is 60.0 Å². The van der Waals surface area contributed by atoms with Crippen LogP contribution < -0.4 is 11.3 Å². The second kappa shape index (κ2) is 12.8. The third-order valence-corrected chi connectivity index (χ3v) is 3.71. The van der Waals surface area contributed by atoms with E-state index in [1.54, 1.807) is 7.05 Å². The first-order valence-electron chi connectivity index (χ1n) is 8.88. The molecular weight excluding hydrogens is 310 g/mol. The molecule has 5 heteroatoms. The van der Waals surface area contributed by atoms with Crippen LogP contribution in [0.25, 0.3) is 11.3 Å². The number of nitrogens with one attached hydrogen (secondary N) is 2. The molecule has 2 aromatic rings. The first-order valence-corrected chi connectivity index (χ1v) is 8.88. The van der Waals surface area contributed by atoms with E-state index in [-0.39, 0.29) is 0 Å². The number of hydrogen-bond donors (Lipinski definition) is 3. The Morgan fingerprint density at radius 1 is 1.00 bits per heavy atom. The van der Waals surface area contributed by atoms with Crippen LogP contribution in [0, 0.1) is 0 Å². The van der Waals surface area contributed by atoms with Crippen LogP contribution in [-0.4, -0.2) is 12.0 Å². The molecule has 0 radical (unpaired) electrons. The van der Waals surface area contributed by atoms with Crippen molar-refractivity contribution in [2.45, 2.75) is 44.9 Å². The molecule has 25 heavy (non-hydrogen) atoms. The van der Waals surface area contributed by atoms with Crippen LogP contribution in [0.2, 0.25) is 0 Å². The molecule has 1 heterocycles. The number of fused-ring (bicyclic) bond motifs is 1. The predicted molar refractivity (Wildman–Crippen MR) is 106 cm³/mol. The predicted octanol–water partition coefficient (Wildman–Crippen LogP) is 4.98. The fourth-order valence-electron chi connectivity index (χ4n) is 2.43. The van der Waals surface area contributed by atoms with Gasteiger partial charge in [0, 0.05) is 18.4 Å². The van der Waals surface area contributed by atoms with Crippen LogP contribution in [0.5, 0.6) is 0 Å². The molecule has 0 atom stereocenters. The van der Waals surface area contributed by atoms with E-state index in [2.05, 4.69) is 76.3 Å². The highest BCUT2D eigenvalue weighted by atomic mass is 15.5. The van der Waals surface area contributed by atoms with Gasteiger partial charge in [0.25, 0.3) is 0 Å². The number of aryl methyl sites for hydroxylation is 2. The number of hydrogen-bond acceptors (Lipinski definition) is 2. The first kappa shape index (κ1) is 20.5. The van der Waals surface area contributed by atoms with Gasteiger partial charge in [0.1, 0.15) is 0 Å². The minimum Gasteiger partial charge on any atom is -0.358 e. The van der Waals surface area contributed by atoms with Crippen molar-refractivity contribution in [3.63, 3.8) is 0 Å². The van der Waals surface area contributed by atoms with Crippen LogP contribution in [0.3, 0.4) is 0 Å². The van der Waals surface area contributed by atoms with Gasteiger partial charge < -0.3 is 10.8 Å². The van der Waals surface area contributed by atoms with Crippen LogP contribution in [-0.2, 0) is 12.8 Å². The van der Waals surface area contributed by atoms with Crippen LogP contribution >= 0.6 is 0 Å². The molecule has 2 aliphatic rings. The fourth-order valence-corrected chi connectivity index (χ4v) is 2.43. The van der Waals surface area contributed by atoms with E-state index in [0.29, 0.717) is 0 Å². The quantitative estimate of drug-likeness (QED) is 0.312. The Morgan fingerprint density at radius 3 is 2.12 bits per heavy atom. The number of nitrogens with two attached hydrogens (primary N) is 1. The smallest absolute Gasteiger partial charge is 0.0458 e. The molecule has 4 rings (SSSR count). The molecule has 1 aromatic heterocycles. The lowest BCUT2D eigenvalue weighted by molar-refractivity contribution is 0.677. The molecule has 136 valence electrons. The molecule has 0 unspecified atom stereocenters. The molecule has 1 aromatic carbocycles. The van der Waals surface area contributed by atoms with Gasteiger partial charge in [0.05, 0.1) is 0 Å². The number of nitrogens with zero attached hydrogens (tertiary/aromatic N) is 2. The van der Waals surface area contributed by atoms with Crippen LogP contribution in [0.1, 0.15) is 43.4 Å². The number of aromatic nitrogens is 1. The third kappa shape index (κ3) is 8.20. The molecule has 4 N–H and O–H groups in total. The highest BCUT2D eigenvalue weighted by molar-refractivity contribution is 5.61. The van der Waals surface area contributed by atoms with E-state index >= 15 is 0 Å². The van der Waals surface area contributed by atoms with Gasteiger partial charge in [-0.15, -0.1) is 13.2 Å². The molecule has 0 spiro atoms. The lowest BCUT2D eigenvalue weighted by Gasteiger charge is -2.08. The molecule has 0 aliphatic heterocycles. The number of benzene rings is 1. The van der Waals surface area contributed by atoms with Crippen molar-refractivity contribution in [2.24, 2.45) is 16.3 Å². The van der Waals surface area contributed by atoms with Gasteiger partial charge in [-0.05, 0) is 42.9 Å². The van der Waals surface area contributed by atoms with Gasteiger partial charge in [-0.2, -0.15) is 0 Å². The molecule has 0 amide bonds. The standard InChI is InChI=1S/C14H15N.C3H6.C2H4.CH6N4/c1-2-6-11(7-3-1)14-10-12-8-4-5-9-13(12)15-14;1-2-3-1;1-2;1-3-5-4-2/h1-3,6-7,10,15H,4-5,8-9H2;1-3H2;1-2H2;1H3,(H2,2,5)(H,3,4). The van der Waals surface area contributed by atoms with Gasteiger partial charge in [0.15, 0.2) is 0 Å². The van der Waals surface area contributed by atoms with Crippen molar-refractivity contribution in [1.29, 1.82) is 0 Å². The maximum Gasteiger partial charge on any atom is 0.0458 e. The summed E-state index contributed by atoms with van der Waals surface area (Å²) >= 11 is 0. The van der Waals surface area contributed by atoms with E-state index < -0.39 is 0 Å². The SMILES string of the molecule is C1CC1.C=C.CN/N=N\N.c1ccc(-c2cc3c([nH]2)CCCC3)cc1. The molecule has 0 bridgehead atoms. The summed E-state index contributed by atoms with van der Waals surface area (Å²) in [5.41, 5.74) is 7.92. The molecule has 1 fully saturated rings. The maximum absolute atomic E-state index is 4.53. The van der Waals surface area contributed by atoms with Crippen molar-refractivity contribution in [3.05, 3.63) is 60.8 Å². The zero-order chi connectivity index (χ0) is 18.3. The Kier molecular flexibility index (Phi) is 10.5. The minimum absolute atomic E-state index is 1.22. The minimum atomic E-state index is 1.22. The molecular formula is C20H31N5. The molecule has 2 aliphatic carbocycles. The van der Waals surface area contributed by atoms with E-state index in [4.69, 9.17) is 0 Å². The highest BCUT2D eigenvalue weighted by Gasteiger charge is 2.12. The van der Waals surface area contributed by atoms with Crippen molar-refractivity contribution < 1.29 is 0 Å². The Morgan fingerprint density at radius 2 is 1.64 bits per heavy atom. The monoisotopic (exact) mass is 341 g/mol. The Hall–Kier alpha value is -2.56. The lowest BCUT2D eigenvalue weighted by Crippen LogP contribution is -1.99. The van der Waals surface area contributed by atoms with E-state index in [1.165, 1.54) is 67.5 Å². The zero-order valence-corrected chi connectivity index (χ0v) is 15.3. The lowest BCUT2D eigenvalue weighted by atomic mass is 9.98. The highest BCUT2D eigenvalue weighted by Crippen LogP contribution is 2.26. The molecule has 0 saturated heterocycles. The Labute approximate surface area is 151 Å². The maximum atomic E-state index is 4.53. The fraction of sp³-hybridized carbons (Fsp3) is 0.400. The van der Waals surface area contributed by atoms with Gasteiger partial charge in [-0.25, -0.2) is 0 Å². The van der Waals surface area contributed by atoms with Crippen molar-refractivity contribution in [3.8, 4) is 11.3 Å². The van der Waals surface area contributed by atoms with E-state index in [9.17, 15) is 0 Å². The van der Waals surface area contributed by atoms with E-state index in [1.807, 2.05) is 0 Å². The molecule has 1 saturated carbocycles. The Balaban J connectivity index is 0.000000260. The summed E-state index contributed by atoms with van der Waals surface area (Å²) in [6.45, 7) is 6.00. The summed E-state index contributed by atoms with van der Waals surface area (Å²) in [6, 6.07) is 12.9. The van der Waals surface area contributed by atoms with Crippen molar-refractivity contribution in [2.75, 3.05) is 7.05 Å². The summed E-state index contributed by atoms with van der Waals surface area (Å²) in [6.07, 6.45) is 9.65. The first-order chi connectivity index (χ1) is 12.3. The number of aromatic amines is 1. The Bertz CT molecular complexity index is 576. The van der Waals surface area contributed by atoms with Gasteiger partial charge in [0.2, 0.25) is 0 Å². The molecule has 5 nitrogen and oxygen atoms in total. The van der Waals surface area contributed by atoms with Gasteiger partial charge in [-0.3, -0.25) is 5.43 Å². The van der Waals surface area contributed by atoms with E-state index in [0.717, 1.165) is 0 Å². The summed E-state index contributed by atoms with van der Waals surface area (Å²) in [5, 5.41) is 5.99. The zero-order valence-electron chi connectivity index (χ0n) is 15.3. The second-order valence-corrected chi connectivity index (χ2v) is 5.76. The third-order valence-electron chi connectivity index (χ3n) is 3.71. The van der Waals surface area contributed by atoms with Crippen LogP contribution in [0.4, 0.5) is 0 Å². The average molecular weight is 342 g/mol. The average Bonchev–Trinajstić information content (AvgIpc) is 3.50. The van der Waals surface area contributed by atoms with Crippen LogP contribution in [0.15, 0.2) is 60.0 Å². The normalized spacial score (nSPS) is 13.8. The summed E-state index contributed by atoms with van der Waals surface area (Å²) in [7, 11) is 1.62. The summed E-state index contributed by atoms with van der Waals surface area (Å²) in [4.78, 5) is 3.55. The second-order valence-electron chi connectivity index (χ2n) is 5.76. The van der Waals surface area contributed by atoms with Gasteiger partial charge >= 0.3 is 0 Å². The number of rotatable bonds is 2. The van der Waals surface area contributed by atoms with Crippen molar-refractivity contribution >= 4 is 0 Å². The summed E-state index contributed by atoms with van der Waals surface area (Å²) in [5.74, 6) is 4.53. The summed E-state index contributed by atoms with van der Waals surface area (Å²) < 4.78 is 0.